The number of aromatic nitrogens is 3. The van der Waals surface area contributed by atoms with Gasteiger partial charge in [0, 0.05) is 12.2 Å². The van der Waals surface area contributed by atoms with Crippen molar-refractivity contribution in [2.75, 3.05) is 18.1 Å². The summed E-state index contributed by atoms with van der Waals surface area (Å²) in [6.07, 6.45) is 0.842. The first-order chi connectivity index (χ1) is 18.4. The minimum absolute atomic E-state index is 0.0740. The van der Waals surface area contributed by atoms with Crippen molar-refractivity contribution < 1.29 is 14.3 Å². The second kappa shape index (κ2) is 12.4. The van der Waals surface area contributed by atoms with E-state index in [2.05, 4.69) is 29.5 Å². The molecule has 0 spiro atoms. The number of hydrogen-bond donors (Lipinski definition) is 1. The van der Waals surface area contributed by atoms with Gasteiger partial charge >= 0.3 is 0 Å². The van der Waals surface area contributed by atoms with Gasteiger partial charge in [-0.2, -0.15) is 0 Å². The number of amides is 2. The van der Waals surface area contributed by atoms with E-state index in [-0.39, 0.29) is 18.4 Å². The molecular formula is C30H35N5O3. The number of rotatable bonds is 11. The Bertz CT molecular complexity index is 1360. The number of anilines is 1. The molecule has 1 aromatic heterocycles. The monoisotopic (exact) mass is 513 g/mol. The molecule has 3 aromatic carbocycles. The maximum atomic E-state index is 14.1. The first-order valence-electron chi connectivity index (χ1n) is 13.0. The van der Waals surface area contributed by atoms with Crippen LogP contribution in [0.5, 0.6) is 5.75 Å². The molecule has 4 aromatic rings. The lowest BCUT2D eigenvalue weighted by atomic mass is 10.0. The normalized spacial score (nSPS) is 11.9. The Morgan fingerprint density at radius 2 is 1.71 bits per heavy atom. The average Bonchev–Trinajstić information content (AvgIpc) is 3.31. The summed E-state index contributed by atoms with van der Waals surface area (Å²) in [5, 5.41) is 11.5. The van der Waals surface area contributed by atoms with Crippen LogP contribution in [0.3, 0.4) is 0 Å². The summed E-state index contributed by atoms with van der Waals surface area (Å²) in [7, 11) is 0. The highest BCUT2D eigenvalue weighted by molar-refractivity contribution is 6.01. The topological polar surface area (TPSA) is 89.3 Å². The summed E-state index contributed by atoms with van der Waals surface area (Å²) < 4.78 is 7.18. The van der Waals surface area contributed by atoms with Crippen LogP contribution >= 0.6 is 0 Å². The Hall–Kier alpha value is -4.20. The number of aryl methyl sites for hydroxylation is 1. The number of benzene rings is 3. The Labute approximate surface area is 223 Å². The molecule has 0 bridgehead atoms. The Morgan fingerprint density at radius 1 is 1.00 bits per heavy atom. The zero-order chi connectivity index (χ0) is 27.1. The third-order valence-electron chi connectivity index (χ3n) is 6.32. The molecule has 198 valence electrons. The van der Waals surface area contributed by atoms with E-state index in [1.807, 2.05) is 86.6 Å². The number of carbonyl (C=O) groups excluding carboxylic acids is 2. The van der Waals surface area contributed by atoms with Crippen molar-refractivity contribution in [1.29, 1.82) is 0 Å². The first-order valence-corrected chi connectivity index (χ1v) is 13.0. The van der Waals surface area contributed by atoms with Crippen LogP contribution in [0.1, 0.15) is 44.4 Å². The van der Waals surface area contributed by atoms with E-state index in [1.165, 1.54) is 0 Å². The molecule has 1 N–H and O–H groups in total. The van der Waals surface area contributed by atoms with Gasteiger partial charge in [-0.25, -0.2) is 4.68 Å². The Kier molecular flexibility index (Phi) is 8.73. The molecule has 1 heterocycles. The van der Waals surface area contributed by atoms with Gasteiger partial charge in [-0.3, -0.25) is 14.5 Å². The fraction of sp³-hybridized carbons (Fsp3) is 0.333. The Morgan fingerprint density at radius 3 is 2.39 bits per heavy atom. The number of fused-ring (bicyclic) bond motifs is 1. The highest BCUT2D eigenvalue weighted by Gasteiger charge is 2.33. The minimum Gasteiger partial charge on any atom is -0.494 e. The van der Waals surface area contributed by atoms with E-state index >= 15 is 0 Å². The van der Waals surface area contributed by atoms with Crippen molar-refractivity contribution in [2.45, 2.75) is 46.7 Å². The van der Waals surface area contributed by atoms with Gasteiger partial charge in [0.1, 0.15) is 23.9 Å². The molecule has 0 saturated carbocycles. The van der Waals surface area contributed by atoms with Gasteiger partial charge in [-0.15, -0.1) is 5.10 Å². The molecule has 0 aliphatic carbocycles. The first kappa shape index (κ1) is 26.9. The summed E-state index contributed by atoms with van der Waals surface area (Å²) in [6.45, 7) is 9.12. The number of nitrogens with one attached hydrogen (secondary N) is 1. The fourth-order valence-corrected chi connectivity index (χ4v) is 4.29. The number of hydrogen-bond acceptors (Lipinski definition) is 5. The van der Waals surface area contributed by atoms with Crippen LogP contribution in [0, 0.1) is 12.8 Å². The van der Waals surface area contributed by atoms with E-state index in [4.69, 9.17) is 4.74 Å². The maximum Gasteiger partial charge on any atom is 0.249 e. The predicted octanol–water partition coefficient (Wildman–Crippen LogP) is 5.08. The van der Waals surface area contributed by atoms with E-state index in [0.29, 0.717) is 36.0 Å². The van der Waals surface area contributed by atoms with E-state index in [1.54, 1.807) is 9.58 Å². The molecule has 1 atom stereocenters. The van der Waals surface area contributed by atoms with Crippen molar-refractivity contribution in [3.05, 3.63) is 83.9 Å². The van der Waals surface area contributed by atoms with Crippen LogP contribution < -0.4 is 15.0 Å². The van der Waals surface area contributed by atoms with Crippen molar-refractivity contribution in [3.63, 3.8) is 0 Å². The Balaban J connectivity index is 1.75. The summed E-state index contributed by atoms with van der Waals surface area (Å²) in [6, 6.07) is 21.6. The summed E-state index contributed by atoms with van der Waals surface area (Å²) in [4.78, 5) is 29.4. The zero-order valence-corrected chi connectivity index (χ0v) is 22.4. The molecular weight excluding hydrogens is 478 g/mol. The lowest BCUT2D eigenvalue weighted by molar-refractivity contribution is -0.127. The largest absolute Gasteiger partial charge is 0.494 e. The van der Waals surface area contributed by atoms with Crippen LogP contribution in [0.2, 0.25) is 0 Å². The van der Waals surface area contributed by atoms with Crippen molar-refractivity contribution in [2.24, 2.45) is 5.92 Å². The predicted molar refractivity (Wildman–Crippen MR) is 149 cm³/mol. The molecule has 2 amide bonds. The smallest absolute Gasteiger partial charge is 0.249 e. The van der Waals surface area contributed by atoms with Gasteiger partial charge in [0.2, 0.25) is 11.8 Å². The number of carbonyl (C=O) groups is 2. The molecule has 0 aliphatic rings. The molecule has 0 radical (unpaired) electrons. The van der Waals surface area contributed by atoms with Crippen molar-refractivity contribution >= 4 is 28.5 Å². The second-order valence-electron chi connectivity index (χ2n) is 9.71. The summed E-state index contributed by atoms with van der Waals surface area (Å²) in [5.74, 6) is 0.617. The molecule has 0 fully saturated rings. The van der Waals surface area contributed by atoms with Crippen LogP contribution in [-0.4, -0.2) is 40.0 Å². The lowest BCUT2D eigenvalue weighted by Crippen LogP contribution is -2.45. The quantitative estimate of drug-likeness (QED) is 0.302. The highest BCUT2D eigenvalue weighted by Crippen LogP contribution is 2.30. The van der Waals surface area contributed by atoms with E-state index in [0.717, 1.165) is 23.1 Å². The van der Waals surface area contributed by atoms with Gasteiger partial charge in [0.05, 0.1) is 12.1 Å². The lowest BCUT2D eigenvalue weighted by Gasteiger charge is -2.32. The zero-order valence-electron chi connectivity index (χ0n) is 22.4. The van der Waals surface area contributed by atoms with E-state index < -0.39 is 6.04 Å². The number of nitrogens with zero attached hydrogens (tertiary/aromatic N) is 4. The molecule has 0 saturated heterocycles. The molecule has 38 heavy (non-hydrogen) atoms. The SMILES string of the molecule is CCOc1ccc(N(C(=O)Cn2nnc3ccccc32)[C@@H](C(=O)NCCC(C)C)c2ccc(C)cc2)cc1. The van der Waals surface area contributed by atoms with Crippen molar-refractivity contribution in [3.8, 4) is 5.75 Å². The number of ether oxygens (including phenoxy) is 1. The minimum atomic E-state index is -0.872. The van der Waals surface area contributed by atoms with Gasteiger partial charge in [-0.1, -0.05) is 61.0 Å². The van der Waals surface area contributed by atoms with Gasteiger partial charge in [-0.05, 0) is 68.1 Å². The fourth-order valence-electron chi connectivity index (χ4n) is 4.29. The average molecular weight is 514 g/mol. The molecule has 8 heteroatoms. The van der Waals surface area contributed by atoms with E-state index in [9.17, 15) is 9.59 Å². The third-order valence-corrected chi connectivity index (χ3v) is 6.32. The van der Waals surface area contributed by atoms with Crippen LogP contribution in [0.4, 0.5) is 5.69 Å². The highest BCUT2D eigenvalue weighted by atomic mass is 16.5. The molecule has 0 aliphatic heterocycles. The second-order valence-corrected chi connectivity index (χ2v) is 9.71. The molecule has 8 nitrogen and oxygen atoms in total. The molecule has 4 rings (SSSR count). The van der Waals surface area contributed by atoms with Crippen LogP contribution in [0.15, 0.2) is 72.8 Å². The van der Waals surface area contributed by atoms with Gasteiger partial charge in [0.15, 0.2) is 0 Å². The summed E-state index contributed by atoms with van der Waals surface area (Å²) >= 11 is 0. The van der Waals surface area contributed by atoms with Crippen molar-refractivity contribution in [1.82, 2.24) is 20.3 Å². The maximum absolute atomic E-state index is 14.1. The summed E-state index contributed by atoms with van der Waals surface area (Å²) in [5.41, 5.74) is 3.84. The standard InChI is InChI=1S/C30H35N5O3/c1-5-38-25-16-14-24(15-17-25)35(28(36)20-34-27-9-7-6-8-26(27)32-33-34)29(23-12-10-22(4)11-13-23)30(37)31-19-18-21(2)3/h6-17,21,29H,5,18-20H2,1-4H3,(H,31,37)/t29-/m1/s1. The van der Waals surface area contributed by atoms with Crippen LogP contribution in [-0.2, 0) is 16.1 Å². The number of para-hydroxylation sites is 1. The molecule has 0 unspecified atom stereocenters. The van der Waals surface area contributed by atoms with Gasteiger partial charge < -0.3 is 10.1 Å². The third kappa shape index (κ3) is 6.37. The van der Waals surface area contributed by atoms with Gasteiger partial charge in [0.25, 0.3) is 0 Å². The van der Waals surface area contributed by atoms with Crippen LogP contribution in [0.25, 0.3) is 11.0 Å².